The maximum Gasteiger partial charge on any atom is 0.409 e. The lowest BCUT2D eigenvalue weighted by atomic mass is 9.98. The van der Waals surface area contributed by atoms with E-state index in [2.05, 4.69) is 31.3 Å². The Labute approximate surface area is 212 Å². The van der Waals surface area contributed by atoms with E-state index in [0.717, 1.165) is 41.3 Å². The van der Waals surface area contributed by atoms with E-state index in [1.807, 2.05) is 38.1 Å². The van der Waals surface area contributed by atoms with Gasteiger partial charge in [-0.2, -0.15) is 0 Å². The molecule has 1 aliphatic rings. The number of carbonyl (C=O) groups excluding carboxylic acids is 2. The Morgan fingerprint density at radius 1 is 1.19 bits per heavy atom. The average Bonchev–Trinajstić information content (AvgIpc) is 3.26. The second kappa shape index (κ2) is 11.2. The molecule has 1 saturated heterocycles. The maximum absolute atomic E-state index is 13.0. The maximum atomic E-state index is 13.0. The smallest absolute Gasteiger partial charge is 0.409 e. The molecule has 1 fully saturated rings. The summed E-state index contributed by atoms with van der Waals surface area (Å²) in [6.07, 6.45) is 1.90. The van der Waals surface area contributed by atoms with Gasteiger partial charge in [0.2, 0.25) is 0 Å². The van der Waals surface area contributed by atoms with Crippen molar-refractivity contribution in [2.24, 2.45) is 0 Å². The highest BCUT2D eigenvalue weighted by atomic mass is 16.6. The average molecular weight is 493 g/mol. The third-order valence-electron chi connectivity index (χ3n) is 6.93. The van der Waals surface area contributed by atoms with Gasteiger partial charge in [-0.25, -0.2) is 4.79 Å². The number of hydrogen-bond donors (Lipinski definition) is 1. The number of nitrogens with one attached hydrogen (secondary N) is 1. The first-order valence-electron chi connectivity index (χ1n) is 12.8. The van der Waals surface area contributed by atoms with E-state index in [9.17, 15) is 9.59 Å². The second-order valence-electron chi connectivity index (χ2n) is 9.36. The number of hydrogen-bond acceptors (Lipinski definition) is 5. The highest BCUT2D eigenvalue weighted by Crippen LogP contribution is 2.37. The van der Waals surface area contributed by atoms with Gasteiger partial charge in [0.25, 0.3) is 5.91 Å². The molecule has 3 aromatic rings. The molecular formula is C29H36N2O5. The predicted octanol–water partition coefficient (Wildman–Crippen LogP) is 6.03. The van der Waals surface area contributed by atoms with E-state index in [4.69, 9.17) is 13.9 Å². The van der Waals surface area contributed by atoms with Gasteiger partial charge < -0.3 is 24.1 Å². The van der Waals surface area contributed by atoms with Crippen molar-refractivity contribution in [3.05, 3.63) is 58.7 Å². The van der Waals surface area contributed by atoms with Crippen LogP contribution in [0.1, 0.15) is 66.8 Å². The molecule has 2 aromatic carbocycles. The van der Waals surface area contributed by atoms with Crippen LogP contribution in [0.4, 0.5) is 4.79 Å². The fraction of sp³-hybridized carbons (Fsp3) is 0.448. The lowest BCUT2D eigenvalue weighted by molar-refractivity contribution is -0.0290. The number of benzene rings is 2. The first kappa shape index (κ1) is 25.8. The highest BCUT2D eigenvalue weighted by Gasteiger charge is 2.26. The third kappa shape index (κ3) is 5.26. The molecule has 1 N–H and O–H groups in total. The fourth-order valence-electron chi connectivity index (χ4n) is 4.78. The van der Waals surface area contributed by atoms with Gasteiger partial charge in [0.05, 0.1) is 30.9 Å². The van der Waals surface area contributed by atoms with Gasteiger partial charge in [-0.15, -0.1) is 0 Å². The summed E-state index contributed by atoms with van der Waals surface area (Å²) in [5, 5.41) is 3.52. The van der Waals surface area contributed by atoms with E-state index in [1.54, 1.807) is 11.9 Å². The predicted molar refractivity (Wildman–Crippen MR) is 140 cm³/mol. The normalized spacial score (nSPS) is 15.6. The molecule has 2 atom stereocenters. The summed E-state index contributed by atoms with van der Waals surface area (Å²) in [6.45, 7) is 9.86. The van der Waals surface area contributed by atoms with Crippen LogP contribution < -0.4 is 5.32 Å². The Morgan fingerprint density at radius 2 is 1.94 bits per heavy atom. The Morgan fingerprint density at radius 3 is 2.58 bits per heavy atom. The summed E-state index contributed by atoms with van der Waals surface area (Å²) in [5.41, 5.74) is 5.29. The Balaban J connectivity index is 1.67. The zero-order chi connectivity index (χ0) is 25.8. The molecule has 0 aliphatic carbocycles. The summed E-state index contributed by atoms with van der Waals surface area (Å²) >= 11 is 0. The van der Waals surface area contributed by atoms with Crippen molar-refractivity contribution < 1.29 is 23.5 Å². The van der Waals surface area contributed by atoms with Crippen LogP contribution in [-0.4, -0.2) is 49.7 Å². The number of nitrogens with zero attached hydrogens (tertiary/aromatic N) is 1. The van der Waals surface area contributed by atoms with Crippen molar-refractivity contribution in [2.75, 3.05) is 26.7 Å². The monoisotopic (exact) mass is 492 g/mol. The fourth-order valence-corrected chi connectivity index (χ4v) is 4.78. The lowest BCUT2D eigenvalue weighted by Gasteiger charge is -2.31. The quantitative estimate of drug-likeness (QED) is 0.395. The Kier molecular flexibility index (Phi) is 7.99. The molecule has 0 unspecified atom stereocenters. The van der Waals surface area contributed by atoms with Crippen LogP contribution >= 0.6 is 0 Å². The van der Waals surface area contributed by atoms with Gasteiger partial charge >= 0.3 is 6.09 Å². The van der Waals surface area contributed by atoms with Crippen molar-refractivity contribution in [3.63, 3.8) is 0 Å². The molecule has 1 aromatic heterocycles. The molecule has 192 valence electrons. The topological polar surface area (TPSA) is 81.0 Å². The first-order chi connectivity index (χ1) is 17.4. The zero-order valence-corrected chi connectivity index (χ0v) is 21.8. The molecule has 7 nitrogen and oxygen atoms in total. The van der Waals surface area contributed by atoms with E-state index < -0.39 is 0 Å². The van der Waals surface area contributed by atoms with Crippen molar-refractivity contribution in [1.82, 2.24) is 10.2 Å². The molecule has 36 heavy (non-hydrogen) atoms. The summed E-state index contributed by atoms with van der Waals surface area (Å²) in [7, 11) is 1.63. The minimum absolute atomic E-state index is 0.129. The third-order valence-corrected chi connectivity index (χ3v) is 6.93. The Hall–Kier alpha value is -3.32. The molecule has 2 heterocycles. The number of aryl methyl sites for hydroxylation is 2. The van der Waals surface area contributed by atoms with E-state index in [1.165, 1.54) is 5.56 Å². The molecule has 0 saturated carbocycles. The molecule has 2 amide bonds. The van der Waals surface area contributed by atoms with Crippen molar-refractivity contribution in [2.45, 2.75) is 59.2 Å². The van der Waals surface area contributed by atoms with Gasteiger partial charge in [0.1, 0.15) is 11.3 Å². The van der Waals surface area contributed by atoms with E-state index >= 15 is 0 Å². The summed E-state index contributed by atoms with van der Waals surface area (Å²) in [6, 6.07) is 12.1. The summed E-state index contributed by atoms with van der Waals surface area (Å²) in [4.78, 5) is 26.8. The SMILES string of the molecule is CCc1ccc(-c2oc3cc(C)c([C@H](C)O[C@@H](CC)CN4CCCOC4=O)cc3c2C(=O)NC)cc1. The molecule has 1 aliphatic heterocycles. The van der Waals surface area contributed by atoms with Crippen molar-refractivity contribution >= 4 is 23.0 Å². The number of carbonyl (C=O) groups is 2. The van der Waals surface area contributed by atoms with Gasteiger partial charge in [0, 0.05) is 24.5 Å². The van der Waals surface area contributed by atoms with E-state index in [0.29, 0.717) is 36.6 Å². The van der Waals surface area contributed by atoms with Crippen LogP contribution in [0.5, 0.6) is 0 Å². The number of fused-ring (bicyclic) bond motifs is 1. The number of cyclic esters (lactones) is 1. The van der Waals surface area contributed by atoms with Gasteiger partial charge in [0.15, 0.2) is 0 Å². The second-order valence-corrected chi connectivity index (χ2v) is 9.36. The standard InChI is InChI=1S/C29H36N2O5/c1-6-20-9-11-21(12-10-20)27-26(28(32)30-5)24-16-23(18(3)15-25(24)36-27)19(4)35-22(7-2)17-31-13-8-14-34-29(31)33/h9-12,15-16,19,22H,6-8,13-14,17H2,1-5H3,(H,30,32)/t19-,22-/m0/s1. The molecule has 0 radical (unpaired) electrons. The number of ether oxygens (including phenoxy) is 2. The minimum Gasteiger partial charge on any atom is -0.455 e. The number of rotatable bonds is 9. The largest absolute Gasteiger partial charge is 0.455 e. The highest BCUT2D eigenvalue weighted by molar-refractivity contribution is 6.11. The van der Waals surface area contributed by atoms with Gasteiger partial charge in [-0.05, 0) is 61.9 Å². The first-order valence-corrected chi connectivity index (χ1v) is 12.8. The van der Waals surface area contributed by atoms with Gasteiger partial charge in [-0.3, -0.25) is 4.79 Å². The minimum atomic E-state index is -0.276. The van der Waals surface area contributed by atoms with Crippen LogP contribution in [0.2, 0.25) is 0 Å². The molecule has 0 spiro atoms. The van der Waals surface area contributed by atoms with E-state index in [-0.39, 0.29) is 24.2 Å². The molecule has 7 heteroatoms. The summed E-state index contributed by atoms with van der Waals surface area (Å²) in [5.74, 6) is 0.369. The van der Waals surface area contributed by atoms with Crippen LogP contribution in [0.3, 0.4) is 0 Å². The number of furan rings is 1. The molecular weight excluding hydrogens is 456 g/mol. The van der Waals surface area contributed by atoms with Gasteiger partial charge in [-0.1, -0.05) is 38.1 Å². The summed E-state index contributed by atoms with van der Waals surface area (Å²) < 4.78 is 17.9. The molecule has 4 rings (SSSR count). The lowest BCUT2D eigenvalue weighted by Crippen LogP contribution is -2.43. The number of amides is 2. The van der Waals surface area contributed by atoms with Crippen LogP contribution in [-0.2, 0) is 15.9 Å². The van der Waals surface area contributed by atoms with Crippen LogP contribution in [0.25, 0.3) is 22.3 Å². The van der Waals surface area contributed by atoms with Crippen LogP contribution in [0, 0.1) is 6.92 Å². The van der Waals surface area contributed by atoms with Crippen molar-refractivity contribution in [3.8, 4) is 11.3 Å². The van der Waals surface area contributed by atoms with Crippen molar-refractivity contribution in [1.29, 1.82) is 0 Å². The zero-order valence-electron chi connectivity index (χ0n) is 21.8. The molecule has 0 bridgehead atoms. The Bertz CT molecular complexity index is 1230. The van der Waals surface area contributed by atoms with Crippen LogP contribution in [0.15, 0.2) is 40.8 Å².